The lowest BCUT2D eigenvalue weighted by Crippen LogP contribution is -2.33. The Hall–Kier alpha value is -2.63. The molecule has 1 N–H and O–H groups in total. The Morgan fingerprint density at radius 2 is 1.96 bits per heavy atom. The molecule has 0 bridgehead atoms. The molecule has 0 aliphatic carbocycles. The quantitative estimate of drug-likeness (QED) is 0.594. The van der Waals surface area contributed by atoms with Gasteiger partial charge in [0.1, 0.15) is 16.9 Å². The fourth-order valence-electron chi connectivity index (χ4n) is 3.37. The van der Waals surface area contributed by atoms with Crippen molar-refractivity contribution in [3.8, 4) is 0 Å². The van der Waals surface area contributed by atoms with Crippen molar-refractivity contribution in [3.05, 3.63) is 36.3 Å². The normalized spacial score (nSPS) is 11.9. The van der Waals surface area contributed by atoms with Gasteiger partial charge in [-0.2, -0.15) is 0 Å². The molecular weight excluding hydrogens is 352 g/mol. The number of aromatic nitrogens is 3. The average Bonchev–Trinajstić information content (AvgIpc) is 2.98. The number of carbonyl (C=O) groups is 1. The molecule has 28 heavy (non-hydrogen) atoms. The molecule has 0 atom stereocenters. The first-order chi connectivity index (χ1) is 13.4. The minimum Gasteiger partial charge on any atom is -0.444 e. The highest BCUT2D eigenvalue weighted by molar-refractivity contribution is 6.02. The molecule has 1 amide bonds. The highest BCUT2D eigenvalue weighted by Crippen LogP contribution is 2.25. The Morgan fingerprint density at radius 1 is 1.18 bits per heavy atom. The summed E-state index contributed by atoms with van der Waals surface area (Å²) in [7, 11) is 0. The van der Waals surface area contributed by atoms with Crippen molar-refractivity contribution >= 4 is 28.0 Å². The van der Waals surface area contributed by atoms with Crippen molar-refractivity contribution in [2.24, 2.45) is 0 Å². The first kappa shape index (κ1) is 20.1. The van der Waals surface area contributed by atoms with Crippen LogP contribution in [0.1, 0.15) is 52.8 Å². The molecular formula is C22H30N4O2. The maximum Gasteiger partial charge on any atom is 0.407 e. The molecule has 0 radical (unpaired) electrons. The van der Waals surface area contributed by atoms with E-state index in [0.717, 1.165) is 60.0 Å². The molecule has 0 aliphatic heterocycles. The number of imidazole rings is 1. The van der Waals surface area contributed by atoms with Gasteiger partial charge in [0.05, 0.1) is 17.2 Å². The highest BCUT2D eigenvalue weighted by Gasteiger charge is 2.16. The fraction of sp³-hybridized carbons (Fsp3) is 0.500. The summed E-state index contributed by atoms with van der Waals surface area (Å²) in [6.45, 7) is 9.25. The van der Waals surface area contributed by atoms with Crippen LogP contribution in [0.25, 0.3) is 21.9 Å². The van der Waals surface area contributed by atoms with Crippen LogP contribution in [0.3, 0.4) is 0 Å². The van der Waals surface area contributed by atoms with Gasteiger partial charge in [-0.1, -0.05) is 25.1 Å². The summed E-state index contributed by atoms with van der Waals surface area (Å²) in [5.41, 5.74) is 2.64. The van der Waals surface area contributed by atoms with Crippen LogP contribution in [0.5, 0.6) is 0 Å². The zero-order chi connectivity index (χ0) is 20.1. The predicted octanol–water partition coefficient (Wildman–Crippen LogP) is 4.84. The monoisotopic (exact) mass is 382 g/mol. The second kappa shape index (κ2) is 8.59. The molecule has 3 rings (SSSR count). The summed E-state index contributed by atoms with van der Waals surface area (Å²) >= 11 is 0. The number of unbranched alkanes of at least 4 members (excludes halogenated alkanes) is 1. The van der Waals surface area contributed by atoms with Gasteiger partial charge in [-0.15, -0.1) is 0 Å². The number of aryl methyl sites for hydroxylation is 2. The van der Waals surface area contributed by atoms with E-state index in [1.807, 2.05) is 45.2 Å². The number of hydrogen-bond donors (Lipinski definition) is 1. The Bertz CT molecular complexity index is 956. The smallest absolute Gasteiger partial charge is 0.407 e. The number of fused-ring (bicyclic) bond motifs is 3. The third-order valence-electron chi connectivity index (χ3n) is 4.51. The van der Waals surface area contributed by atoms with Crippen LogP contribution in [-0.2, 0) is 17.7 Å². The zero-order valence-corrected chi connectivity index (χ0v) is 17.3. The van der Waals surface area contributed by atoms with E-state index in [1.54, 1.807) is 0 Å². The maximum atomic E-state index is 11.8. The minimum absolute atomic E-state index is 0.357. The predicted molar refractivity (Wildman–Crippen MR) is 112 cm³/mol. The number of nitrogens with zero attached hydrogens (tertiary/aromatic N) is 3. The number of benzene rings is 1. The number of amides is 1. The summed E-state index contributed by atoms with van der Waals surface area (Å²) < 4.78 is 7.60. The number of alkyl carbamates (subject to hydrolysis) is 1. The Balaban J connectivity index is 1.70. The summed E-state index contributed by atoms with van der Waals surface area (Å²) in [5.74, 6) is 1.11. The minimum atomic E-state index is -0.468. The molecule has 0 unspecified atom stereocenters. The van der Waals surface area contributed by atoms with Crippen LogP contribution in [0.2, 0.25) is 0 Å². The van der Waals surface area contributed by atoms with Crippen molar-refractivity contribution in [3.63, 3.8) is 0 Å². The maximum absolute atomic E-state index is 11.8. The second-order valence-electron chi connectivity index (χ2n) is 8.07. The molecule has 2 heterocycles. The van der Waals surface area contributed by atoms with E-state index in [2.05, 4.69) is 27.9 Å². The van der Waals surface area contributed by atoms with E-state index in [9.17, 15) is 4.79 Å². The van der Waals surface area contributed by atoms with E-state index >= 15 is 0 Å². The number of hydrogen-bond acceptors (Lipinski definition) is 4. The van der Waals surface area contributed by atoms with E-state index in [1.165, 1.54) is 0 Å². The summed E-state index contributed by atoms with van der Waals surface area (Å²) in [4.78, 5) is 21.1. The van der Waals surface area contributed by atoms with Crippen molar-refractivity contribution in [2.45, 2.75) is 65.5 Å². The Kier molecular flexibility index (Phi) is 6.17. The lowest BCUT2D eigenvalue weighted by Gasteiger charge is -2.19. The van der Waals surface area contributed by atoms with Crippen LogP contribution in [0.4, 0.5) is 4.79 Å². The van der Waals surface area contributed by atoms with Crippen LogP contribution in [0.15, 0.2) is 30.5 Å². The highest BCUT2D eigenvalue weighted by atomic mass is 16.6. The molecule has 2 aromatic heterocycles. The largest absolute Gasteiger partial charge is 0.444 e. The van der Waals surface area contributed by atoms with Gasteiger partial charge in [-0.3, -0.25) is 4.98 Å². The van der Waals surface area contributed by atoms with Gasteiger partial charge >= 0.3 is 6.09 Å². The van der Waals surface area contributed by atoms with Gasteiger partial charge in [0, 0.05) is 24.9 Å². The molecule has 150 valence electrons. The second-order valence-corrected chi connectivity index (χ2v) is 8.07. The molecule has 0 saturated heterocycles. The number of ether oxygens (including phenoxy) is 1. The topological polar surface area (TPSA) is 69.0 Å². The molecule has 0 fully saturated rings. The van der Waals surface area contributed by atoms with Crippen LogP contribution < -0.4 is 5.32 Å². The number of pyridine rings is 1. The summed E-state index contributed by atoms with van der Waals surface area (Å²) in [5, 5.41) is 3.97. The fourth-order valence-corrected chi connectivity index (χ4v) is 3.37. The van der Waals surface area contributed by atoms with Gasteiger partial charge in [0.15, 0.2) is 0 Å². The van der Waals surface area contributed by atoms with Crippen LogP contribution in [-0.4, -0.2) is 32.8 Å². The van der Waals surface area contributed by atoms with Gasteiger partial charge in [0.25, 0.3) is 0 Å². The Labute approximate surface area is 166 Å². The van der Waals surface area contributed by atoms with Gasteiger partial charge in [0.2, 0.25) is 0 Å². The standard InChI is InChI=1S/C22H30N4O2/c1-5-10-19-25-18-15-24-17-12-7-6-11-16(17)20(18)26(19)14-9-8-13-23-21(27)28-22(2,3)4/h6-7,11-12,15H,5,8-10,13-14H2,1-4H3,(H,23,27). The number of rotatable bonds is 7. The molecule has 6 nitrogen and oxygen atoms in total. The molecule has 0 aliphatic rings. The lowest BCUT2D eigenvalue weighted by molar-refractivity contribution is 0.0527. The molecule has 1 aromatic carbocycles. The lowest BCUT2D eigenvalue weighted by atomic mass is 10.2. The third kappa shape index (κ3) is 4.80. The third-order valence-corrected chi connectivity index (χ3v) is 4.51. The van der Waals surface area contributed by atoms with Crippen molar-refractivity contribution in [1.29, 1.82) is 0 Å². The molecule has 0 spiro atoms. The van der Waals surface area contributed by atoms with Crippen molar-refractivity contribution < 1.29 is 9.53 Å². The summed E-state index contributed by atoms with van der Waals surface area (Å²) in [6, 6.07) is 8.21. The van der Waals surface area contributed by atoms with E-state index in [0.29, 0.717) is 6.54 Å². The number of carbonyl (C=O) groups excluding carboxylic acids is 1. The number of nitrogens with one attached hydrogen (secondary N) is 1. The number of para-hydroxylation sites is 1. The first-order valence-corrected chi connectivity index (χ1v) is 10.1. The van der Waals surface area contributed by atoms with E-state index < -0.39 is 5.60 Å². The van der Waals surface area contributed by atoms with Gasteiger partial charge in [-0.05, 0) is 46.1 Å². The van der Waals surface area contributed by atoms with Gasteiger partial charge in [-0.25, -0.2) is 9.78 Å². The SMILES string of the molecule is CCCc1nc2cnc3ccccc3c2n1CCCCNC(=O)OC(C)(C)C. The molecule has 0 saturated carbocycles. The van der Waals surface area contributed by atoms with Gasteiger partial charge < -0.3 is 14.6 Å². The van der Waals surface area contributed by atoms with Crippen molar-refractivity contribution in [1.82, 2.24) is 19.9 Å². The van der Waals surface area contributed by atoms with E-state index in [-0.39, 0.29) is 6.09 Å². The Morgan fingerprint density at radius 3 is 2.71 bits per heavy atom. The van der Waals surface area contributed by atoms with Crippen LogP contribution in [0, 0.1) is 0 Å². The van der Waals surface area contributed by atoms with Crippen LogP contribution >= 0.6 is 0 Å². The zero-order valence-electron chi connectivity index (χ0n) is 17.3. The first-order valence-electron chi connectivity index (χ1n) is 10.1. The average molecular weight is 383 g/mol. The summed E-state index contributed by atoms with van der Waals surface area (Å²) in [6.07, 6.45) is 5.34. The molecule has 3 aromatic rings. The van der Waals surface area contributed by atoms with E-state index in [4.69, 9.17) is 9.72 Å². The molecule has 6 heteroatoms. The van der Waals surface area contributed by atoms with Crippen molar-refractivity contribution in [2.75, 3.05) is 6.54 Å².